The third-order valence-corrected chi connectivity index (χ3v) is 11.2. The summed E-state index contributed by atoms with van der Waals surface area (Å²) < 4.78 is 0. The van der Waals surface area contributed by atoms with E-state index in [1.165, 1.54) is 19.3 Å². The highest BCUT2D eigenvalue weighted by Crippen LogP contribution is 2.68. The fourth-order valence-electron chi connectivity index (χ4n) is 9.29. The maximum atomic E-state index is 11.3. The smallest absolute Gasteiger partial charge is 0.0580 e. The Hall–Kier alpha value is -0.160. The summed E-state index contributed by atoms with van der Waals surface area (Å²) in [6, 6.07) is 0. The molecule has 0 aromatic carbocycles. The van der Waals surface area contributed by atoms with E-state index in [1.807, 2.05) is 6.92 Å². The molecule has 12 atom stereocenters. The van der Waals surface area contributed by atoms with Gasteiger partial charge in [-0.25, -0.2) is 0 Å². The summed E-state index contributed by atoms with van der Waals surface area (Å²) in [5.41, 5.74) is 0.471. The Morgan fingerprint density at radius 3 is 2.29 bits per heavy atom. The van der Waals surface area contributed by atoms with Gasteiger partial charge in [-0.05, 0) is 116 Å². The molecule has 4 nitrogen and oxygen atoms in total. The van der Waals surface area contributed by atoms with Gasteiger partial charge in [0.05, 0.1) is 18.3 Å². The van der Waals surface area contributed by atoms with Crippen molar-refractivity contribution in [2.75, 3.05) is 6.61 Å². The molecule has 0 heterocycles. The van der Waals surface area contributed by atoms with Gasteiger partial charge in [-0.15, -0.1) is 0 Å². The van der Waals surface area contributed by atoms with Crippen molar-refractivity contribution in [1.29, 1.82) is 0 Å². The van der Waals surface area contributed by atoms with Gasteiger partial charge < -0.3 is 20.4 Å². The lowest BCUT2D eigenvalue weighted by Gasteiger charge is -2.61. The molecule has 0 saturated heterocycles. The van der Waals surface area contributed by atoms with Crippen LogP contribution in [0.3, 0.4) is 0 Å². The van der Waals surface area contributed by atoms with Crippen LogP contribution in [0.5, 0.6) is 0 Å². The normalized spacial score (nSPS) is 50.1. The SMILES string of the molecule is C[C@H](CO)CC[C@@H](O)[C@@H](C)[C@H]1[C@@H](O)CC2C3CCC4CC(O)CC[C@]4(C)C3CC[C@@]21C. The number of hydrogen-bond acceptors (Lipinski definition) is 4. The van der Waals surface area contributed by atoms with E-state index < -0.39 is 6.10 Å². The zero-order valence-corrected chi connectivity index (χ0v) is 20.3. The van der Waals surface area contributed by atoms with Crippen LogP contribution in [0, 0.1) is 52.3 Å². The summed E-state index contributed by atoms with van der Waals surface area (Å²) in [7, 11) is 0. The van der Waals surface area contributed by atoms with E-state index in [0.717, 1.165) is 44.4 Å². The second kappa shape index (κ2) is 8.89. The molecule has 180 valence electrons. The molecular formula is C27H48O4. The molecule has 4 aliphatic rings. The first-order chi connectivity index (χ1) is 14.6. The predicted octanol–water partition coefficient (Wildman–Crippen LogP) is 4.38. The summed E-state index contributed by atoms with van der Waals surface area (Å²) >= 11 is 0. The largest absolute Gasteiger partial charge is 0.396 e. The van der Waals surface area contributed by atoms with Crippen LogP contribution < -0.4 is 0 Å². The zero-order valence-electron chi connectivity index (χ0n) is 20.3. The molecular weight excluding hydrogens is 388 g/mol. The maximum Gasteiger partial charge on any atom is 0.0580 e. The molecule has 4 heteroatoms. The first-order valence-corrected chi connectivity index (χ1v) is 13.3. The minimum Gasteiger partial charge on any atom is -0.396 e. The van der Waals surface area contributed by atoms with Crippen molar-refractivity contribution in [2.45, 2.75) is 110 Å². The molecule has 0 aromatic heterocycles. The number of hydrogen-bond donors (Lipinski definition) is 4. The summed E-state index contributed by atoms with van der Waals surface area (Å²) in [5.74, 6) is 3.11. The van der Waals surface area contributed by atoms with E-state index in [4.69, 9.17) is 0 Å². The summed E-state index contributed by atoms with van der Waals surface area (Å²) in [4.78, 5) is 0. The molecule has 0 bridgehead atoms. The molecule has 31 heavy (non-hydrogen) atoms. The van der Waals surface area contributed by atoms with Crippen LogP contribution in [0.25, 0.3) is 0 Å². The van der Waals surface area contributed by atoms with Gasteiger partial charge in [-0.2, -0.15) is 0 Å². The average molecular weight is 437 g/mol. The van der Waals surface area contributed by atoms with Crippen LogP contribution >= 0.6 is 0 Å². The van der Waals surface area contributed by atoms with E-state index >= 15 is 0 Å². The van der Waals surface area contributed by atoms with Crippen molar-refractivity contribution in [3.05, 3.63) is 0 Å². The fourth-order valence-corrected chi connectivity index (χ4v) is 9.29. The van der Waals surface area contributed by atoms with Crippen molar-refractivity contribution in [3.63, 3.8) is 0 Å². The third-order valence-electron chi connectivity index (χ3n) is 11.2. The highest BCUT2D eigenvalue weighted by Gasteiger charge is 2.63. The molecule has 4 rings (SSSR count). The maximum absolute atomic E-state index is 11.3. The van der Waals surface area contributed by atoms with Crippen molar-refractivity contribution in [2.24, 2.45) is 52.3 Å². The standard InChI is InChI=1S/C27H48O4/c1-16(15-28)5-8-23(30)17(2)25-24(31)14-22-20-7-6-18-13-19(29)9-11-26(18,3)21(20)10-12-27(22,25)4/h16-25,28-31H,5-15H2,1-4H3/t16-,17+,18?,19?,20?,21?,22?,23+,24-,25-,26-,27-/m0/s1. The van der Waals surface area contributed by atoms with Gasteiger partial charge in [0.25, 0.3) is 0 Å². The summed E-state index contributed by atoms with van der Waals surface area (Å²) in [6.45, 7) is 9.30. The van der Waals surface area contributed by atoms with Gasteiger partial charge in [-0.3, -0.25) is 0 Å². The van der Waals surface area contributed by atoms with Crippen molar-refractivity contribution in [3.8, 4) is 0 Å². The monoisotopic (exact) mass is 436 g/mol. The van der Waals surface area contributed by atoms with E-state index in [-0.39, 0.29) is 42.0 Å². The van der Waals surface area contributed by atoms with Gasteiger partial charge >= 0.3 is 0 Å². The van der Waals surface area contributed by atoms with Crippen LogP contribution in [0.2, 0.25) is 0 Å². The summed E-state index contributed by atoms with van der Waals surface area (Å²) in [5, 5.41) is 41.8. The lowest BCUT2D eigenvalue weighted by Crippen LogP contribution is -2.54. The molecule has 0 aliphatic heterocycles. The van der Waals surface area contributed by atoms with Crippen LogP contribution in [-0.4, -0.2) is 45.3 Å². The topological polar surface area (TPSA) is 80.9 Å². The highest BCUT2D eigenvalue weighted by molar-refractivity contribution is 5.12. The highest BCUT2D eigenvalue weighted by atomic mass is 16.3. The van der Waals surface area contributed by atoms with E-state index in [9.17, 15) is 20.4 Å². The molecule has 4 fully saturated rings. The predicted molar refractivity (Wildman–Crippen MR) is 123 cm³/mol. The van der Waals surface area contributed by atoms with Gasteiger partial charge in [0, 0.05) is 6.61 Å². The molecule has 4 saturated carbocycles. The van der Waals surface area contributed by atoms with Crippen LogP contribution in [0.1, 0.15) is 91.9 Å². The third kappa shape index (κ3) is 4.02. The van der Waals surface area contributed by atoms with Gasteiger partial charge in [0.2, 0.25) is 0 Å². The van der Waals surface area contributed by atoms with E-state index in [2.05, 4.69) is 20.8 Å². The minimum atomic E-state index is -0.407. The lowest BCUT2D eigenvalue weighted by atomic mass is 9.44. The Balaban J connectivity index is 1.50. The number of aliphatic hydroxyl groups is 4. The number of aliphatic hydroxyl groups excluding tert-OH is 4. The van der Waals surface area contributed by atoms with Gasteiger partial charge in [0.1, 0.15) is 0 Å². The van der Waals surface area contributed by atoms with Crippen molar-refractivity contribution >= 4 is 0 Å². The Bertz CT molecular complexity index is 624. The molecule has 5 unspecified atom stereocenters. The first-order valence-electron chi connectivity index (χ1n) is 13.3. The fraction of sp³-hybridized carbons (Fsp3) is 1.00. The van der Waals surface area contributed by atoms with Gasteiger partial charge in [0.15, 0.2) is 0 Å². The number of fused-ring (bicyclic) bond motifs is 5. The van der Waals surface area contributed by atoms with Crippen LogP contribution in [-0.2, 0) is 0 Å². The number of rotatable bonds is 6. The molecule has 0 radical (unpaired) electrons. The lowest BCUT2D eigenvalue weighted by molar-refractivity contribution is -0.133. The average Bonchev–Trinajstić information content (AvgIpc) is 3.01. The van der Waals surface area contributed by atoms with Gasteiger partial charge in [-0.1, -0.05) is 27.7 Å². The Morgan fingerprint density at radius 1 is 0.871 bits per heavy atom. The quantitative estimate of drug-likeness (QED) is 0.498. The summed E-state index contributed by atoms with van der Waals surface area (Å²) in [6.07, 6.45) is 9.62. The molecule has 4 aliphatic carbocycles. The molecule has 0 amide bonds. The van der Waals surface area contributed by atoms with E-state index in [0.29, 0.717) is 29.6 Å². The Labute approximate surface area is 189 Å². The molecule has 4 N–H and O–H groups in total. The van der Waals surface area contributed by atoms with E-state index in [1.54, 1.807) is 0 Å². The van der Waals surface area contributed by atoms with Crippen molar-refractivity contribution in [1.82, 2.24) is 0 Å². The molecule has 0 spiro atoms. The van der Waals surface area contributed by atoms with Crippen LogP contribution in [0.4, 0.5) is 0 Å². The Morgan fingerprint density at radius 2 is 1.58 bits per heavy atom. The van der Waals surface area contributed by atoms with Crippen molar-refractivity contribution < 1.29 is 20.4 Å². The Kier molecular flexibility index (Phi) is 6.88. The second-order valence-corrected chi connectivity index (χ2v) is 12.8. The molecule has 0 aromatic rings. The minimum absolute atomic E-state index is 0.0872. The zero-order chi connectivity index (χ0) is 22.6. The second-order valence-electron chi connectivity index (χ2n) is 12.8. The first kappa shape index (κ1) is 24.0. The van der Waals surface area contributed by atoms with Crippen LogP contribution in [0.15, 0.2) is 0 Å².